The third kappa shape index (κ3) is 3.79. The van der Waals surface area contributed by atoms with Crippen LogP contribution in [0.25, 0.3) is 11.3 Å². The second kappa shape index (κ2) is 6.67. The molecule has 0 spiro atoms. The largest absolute Gasteiger partial charge is 0.347 e. The number of nitrogens with zero attached hydrogens (tertiary/aromatic N) is 1. The van der Waals surface area contributed by atoms with E-state index in [9.17, 15) is 4.79 Å². The van der Waals surface area contributed by atoms with Gasteiger partial charge in [-0.05, 0) is 30.7 Å². The zero-order valence-electron chi connectivity index (χ0n) is 12.6. The molecular weight excluding hydrogens is 310 g/mol. The molecule has 4 nitrogen and oxygen atoms in total. The van der Waals surface area contributed by atoms with Crippen molar-refractivity contribution >= 4 is 17.5 Å². The minimum absolute atomic E-state index is 0.188. The van der Waals surface area contributed by atoms with Crippen LogP contribution in [0.15, 0.2) is 54.6 Å². The molecule has 1 aromatic heterocycles. The number of carbonyl (C=O) groups excluding carboxylic acids is 1. The highest BCUT2D eigenvalue weighted by Gasteiger charge is 2.11. The van der Waals surface area contributed by atoms with Crippen LogP contribution in [0.5, 0.6) is 0 Å². The molecule has 0 atom stereocenters. The molecule has 116 valence electrons. The topological polar surface area (TPSA) is 57.8 Å². The number of aromatic nitrogens is 2. The van der Waals surface area contributed by atoms with Crippen LogP contribution in [-0.2, 0) is 6.54 Å². The fourth-order valence-corrected chi connectivity index (χ4v) is 2.52. The first kappa shape index (κ1) is 15.3. The fraction of sp³-hybridized carbons (Fsp3) is 0.111. The Balaban J connectivity index is 1.69. The van der Waals surface area contributed by atoms with Gasteiger partial charge in [-0.1, -0.05) is 53.6 Å². The van der Waals surface area contributed by atoms with Crippen molar-refractivity contribution in [1.82, 2.24) is 15.5 Å². The maximum absolute atomic E-state index is 12.2. The second-order valence-corrected chi connectivity index (χ2v) is 5.79. The molecule has 2 aromatic carbocycles. The first-order chi connectivity index (χ1) is 11.1. The van der Waals surface area contributed by atoms with Gasteiger partial charge in [0, 0.05) is 17.1 Å². The van der Waals surface area contributed by atoms with Crippen molar-refractivity contribution in [2.45, 2.75) is 13.5 Å². The first-order valence-electron chi connectivity index (χ1n) is 7.27. The highest BCUT2D eigenvalue weighted by molar-refractivity contribution is 6.30. The quantitative estimate of drug-likeness (QED) is 0.762. The van der Waals surface area contributed by atoms with Crippen LogP contribution >= 0.6 is 11.6 Å². The van der Waals surface area contributed by atoms with Crippen LogP contribution in [0, 0.1) is 6.92 Å². The molecule has 2 N–H and O–H groups in total. The summed E-state index contributed by atoms with van der Waals surface area (Å²) in [5.74, 6) is -0.188. The van der Waals surface area contributed by atoms with Gasteiger partial charge in [-0.15, -0.1) is 0 Å². The third-order valence-corrected chi connectivity index (χ3v) is 3.71. The normalized spacial score (nSPS) is 10.5. The molecule has 0 fully saturated rings. The van der Waals surface area contributed by atoms with E-state index in [1.807, 2.05) is 49.4 Å². The van der Waals surface area contributed by atoms with Crippen LogP contribution in [0.2, 0.25) is 5.02 Å². The summed E-state index contributed by atoms with van der Waals surface area (Å²) in [6.45, 7) is 2.50. The lowest BCUT2D eigenvalue weighted by molar-refractivity contribution is 0.0946. The number of amides is 1. The molecule has 1 heterocycles. The summed E-state index contributed by atoms with van der Waals surface area (Å²) in [7, 11) is 0. The van der Waals surface area contributed by atoms with Crippen LogP contribution < -0.4 is 5.32 Å². The lowest BCUT2D eigenvalue weighted by Crippen LogP contribution is -2.23. The Morgan fingerprint density at radius 3 is 2.78 bits per heavy atom. The van der Waals surface area contributed by atoms with E-state index in [4.69, 9.17) is 11.6 Å². The molecule has 0 aliphatic heterocycles. The van der Waals surface area contributed by atoms with Gasteiger partial charge in [0.05, 0.1) is 5.69 Å². The van der Waals surface area contributed by atoms with Crippen LogP contribution in [-0.4, -0.2) is 16.1 Å². The highest BCUT2D eigenvalue weighted by Crippen LogP contribution is 2.21. The first-order valence-corrected chi connectivity index (χ1v) is 7.65. The van der Waals surface area contributed by atoms with E-state index in [0.717, 1.165) is 11.1 Å². The van der Waals surface area contributed by atoms with Crippen molar-refractivity contribution in [1.29, 1.82) is 0 Å². The summed E-state index contributed by atoms with van der Waals surface area (Å²) in [4.78, 5) is 12.2. The Morgan fingerprint density at radius 2 is 2.00 bits per heavy atom. The van der Waals surface area contributed by atoms with E-state index in [-0.39, 0.29) is 5.91 Å². The van der Waals surface area contributed by atoms with Crippen molar-refractivity contribution in [3.63, 3.8) is 0 Å². The number of aryl methyl sites for hydroxylation is 1. The molecule has 3 rings (SSSR count). The number of nitrogens with one attached hydrogen (secondary N) is 2. The van der Waals surface area contributed by atoms with E-state index in [2.05, 4.69) is 15.5 Å². The molecule has 5 heteroatoms. The van der Waals surface area contributed by atoms with Crippen molar-refractivity contribution in [2.24, 2.45) is 0 Å². The van der Waals surface area contributed by atoms with Gasteiger partial charge < -0.3 is 5.32 Å². The third-order valence-electron chi connectivity index (χ3n) is 3.48. The number of hydrogen-bond donors (Lipinski definition) is 2. The number of carbonyl (C=O) groups is 1. The van der Waals surface area contributed by atoms with Gasteiger partial charge in [-0.2, -0.15) is 5.10 Å². The minimum atomic E-state index is -0.188. The van der Waals surface area contributed by atoms with Crippen LogP contribution in [0.4, 0.5) is 0 Å². The summed E-state index contributed by atoms with van der Waals surface area (Å²) in [5.41, 5.74) is 4.21. The fourth-order valence-electron chi connectivity index (χ4n) is 2.33. The van der Waals surface area contributed by atoms with Crippen LogP contribution in [0.1, 0.15) is 21.6 Å². The second-order valence-electron chi connectivity index (χ2n) is 5.35. The van der Waals surface area contributed by atoms with Gasteiger partial charge in [-0.25, -0.2) is 0 Å². The Morgan fingerprint density at radius 1 is 1.17 bits per heavy atom. The molecule has 23 heavy (non-hydrogen) atoms. The molecule has 0 saturated heterocycles. The molecule has 0 saturated carbocycles. The SMILES string of the molecule is Cc1cccc(CNC(=O)c2cc(-c3cccc(Cl)c3)n[nH]2)c1. The summed E-state index contributed by atoms with van der Waals surface area (Å²) < 4.78 is 0. The van der Waals surface area contributed by atoms with Crippen molar-refractivity contribution in [3.05, 3.63) is 76.4 Å². The zero-order valence-corrected chi connectivity index (χ0v) is 13.4. The maximum atomic E-state index is 12.2. The standard InChI is InChI=1S/C18H16ClN3O/c1-12-4-2-5-13(8-12)11-20-18(23)17-10-16(21-22-17)14-6-3-7-15(19)9-14/h2-10H,11H2,1H3,(H,20,23)(H,21,22). The lowest BCUT2D eigenvalue weighted by Gasteiger charge is -2.04. The van der Waals surface area contributed by atoms with Gasteiger partial charge in [0.1, 0.15) is 5.69 Å². The number of halogens is 1. The van der Waals surface area contributed by atoms with Crippen molar-refractivity contribution in [3.8, 4) is 11.3 Å². The maximum Gasteiger partial charge on any atom is 0.269 e. The molecule has 1 amide bonds. The summed E-state index contributed by atoms with van der Waals surface area (Å²) in [6, 6.07) is 17.1. The minimum Gasteiger partial charge on any atom is -0.347 e. The zero-order chi connectivity index (χ0) is 16.2. The summed E-state index contributed by atoms with van der Waals surface area (Å²) in [5, 5.41) is 10.5. The molecule has 0 bridgehead atoms. The van der Waals surface area contributed by atoms with Crippen molar-refractivity contribution < 1.29 is 4.79 Å². The van der Waals surface area contributed by atoms with E-state index in [0.29, 0.717) is 23.0 Å². The molecule has 0 radical (unpaired) electrons. The van der Waals surface area contributed by atoms with Crippen LogP contribution in [0.3, 0.4) is 0 Å². The molecule has 0 unspecified atom stereocenters. The number of H-pyrrole nitrogens is 1. The highest BCUT2D eigenvalue weighted by atomic mass is 35.5. The smallest absolute Gasteiger partial charge is 0.269 e. The number of benzene rings is 2. The Hall–Kier alpha value is -2.59. The van der Waals surface area contributed by atoms with E-state index < -0.39 is 0 Å². The predicted molar refractivity (Wildman–Crippen MR) is 91.4 cm³/mol. The molecule has 0 aliphatic rings. The molecular formula is C18H16ClN3O. The number of aromatic amines is 1. The predicted octanol–water partition coefficient (Wildman–Crippen LogP) is 3.97. The van der Waals surface area contributed by atoms with E-state index in [1.54, 1.807) is 12.1 Å². The summed E-state index contributed by atoms with van der Waals surface area (Å²) >= 11 is 5.98. The van der Waals surface area contributed by atoms with Gasteiger partial charge in [0.15, 0.2) is 0 Å². The average molecular weight is 326 g/mol. The van der Waals surface area contributed by atoms with Crippen molar-refractivity contribution in [2.75, 3.05) is 0 Å². The Bertz CT molecular complexity index is 842. The van der Waals surface area contributed by atoms with Gasteiger partial charge >= 0.3 is 0 Å². The Labute approximate surface area is 139 Å². The van der Waals surface area contributed by atoms with Gasteiger partial charge in [0.25, 0.3) is 5.91 Å². The van der Waals surface area contributed by atoms with Gasteiger partial charge in [0.2, 0.25) is 0 Å². The monoisotopic (exact) mass is 325 g/mol. The average Bonchev–Trinajstić information content (AvgIpc) is 3.03. The molecule has 3 aromatic rings. The lowest BCUT2D eigenvalue weighted by atomic mass is 10.1. The summed E-state index contributed by atoms with van der Waals surface area (Å²) in [6.07, 6.45) is 0. The number of rotatable bonds is 4. The number of hydrogen-bond acceptors (Lipinski definition) is 2. The Kier molecular flexibility index (Phi) is 4.44. The van der Waals surface area contributed by atoms with E-state index >= 15 is 0 Å². The molecule has 0 aliphatic carbocycles. The van der Waals surface area contributed by atoms with E-state index in [1.165, 1.54) is 5.56 Å². The van der Waals surface area contributed by atoms with Gasteiger partial charge in [-0.3, -0.25) is 9.89 Å².